The molecular weight excluding hydrogens is 514 g/mol. The number of ether oxygens (including phenoxy) is 3. The lowest BCUT2D eigenvalue weighted by atomic mass is 10.1. The van der Waals surface area contributed by atoms with Gasteiger partial charge in [-0.1, -0.05) is 23.7 Å². The Bertz CT molecular complexity index is 1320. The Morgan fingerprint density at radius 3 is 2.35 bits per heavy atom. The molecule has 4 rings (SSSR count). The van der Waals surface area contributed by atoms with E-state index in [1.54, 1.807) is 80.8 Å². The van der Waals surface area contributed by atoms with Gasteiger partial charge in [-0.15, -0.1) is 0 Å². The van der Waals surface area contributed by atoms with E-state index in [0.717, 1.165) is 5.56 Å². The molecule has 1 aliphatic heterocycles. The summed E-state index contributed by atoms with van der Waals surface area (Å²) in [6.07, 6.45) is -0.106. The molecule has 0 aliphatic carbocycles. The summed E-state index contributed by atoms with van der Waals surface area (Å²) in [6, 6.07) is 18.5. The number of anilines is 2. The van der Waals surface area contributed by atoms with Crippen molar-refractivity contribution in [1.29, 1.82) is 0 Å². The van der Waals surface area contributed by atoms with Crippen molar-refractivity contribution in [3.05, 3.63) is 77.3 Å². The van der Waals surface area contributed by atoms with E-state index in [4.69, 9.17) is 38.0 Å². The van der Waals surface area contributed by atoms with Gasteiger partial charge in [-0.2, -0.15) is 0 Å². The number of hydrogen-bond acceptors (Lipinski definition) is 6. The van der Waals surface area contributed by atoms with E-state index in [1.807, 2.05) is 12.1 Å². The molecular formula is C27H26ClN3O5S. The summed E-state index contributed by atoms with van der Waals surface area (Å²) >= 11 is 11.8. The number of nitrogens with zero attached hydrogens (tertiary/aromatic N) is 2. The molecule has 3 aromatic rings. The average molecular weight is 540 g/mol. The standard InChI is InChI=1S/C27H26ClN3O5S/c1-34-21-10-8-20(9-11-21)31-26(33)22(15-25(32)29-19-6-4-5-18(28)14-19)30(27(31)37)16-17-7-12-23(35-2)24(13-17)36-3/h4-14,22H,15-16H2,1-3H3,(H,29,32)/t22-/m0/s1. The smallest absolute Gasteiger partial charge is 0.256 e. The van der Waals surface area contributed by atoms with Gasteiger partial charge in [0.05, 0.1) is 33.4 Å². The molecule has 3 aromatic carbocycles. The van der Waals surface area contributed by atoms with Gasteiger partial charge in [0, 0.05) is 17.3 Å². The molecule has 0 spiro atoms. The summed E-state index contributed by atoms with van der Waals surface area (Å²) < 4.78 is 16.0. The summed E-state index contributed by atoms with van der Waals surface area (Å²) in [7, 11) is 4.69. The molecule has 1 heterocycles. The number of carbonyl (C=O) groups is 2. The molecule has 0 saturated carbocycles. The number of nitrogens with one attached hydrogen (secondary N) is 1. The quantitative estimate of drug-likeness (QED) is 0.387. The van der Waals surface area contributed by atoms with Crippen LogP contribution in [0, 0.1) is 0 Å². The van der Waals surface area contributed by atoms with Crippen LogP contribution in [0.25, 0.3) is 0 Å². The molecule has 1 fully saturated rings. The van der Waals surface area contributed by atoms with E-state index in [1.165, 1.54) is 4.90 Å². The molecule has 1 N–H and O–H groups in total. The van der Waals surface area contributed by atoms with Gasteiger partial charge in [0.15, 0.2) is 16.6 Å². The summed E-state index contributed by atoms with van der Waals surface area (Å²) in [5, 5.41) is 3.61. The lowest BCUT2D eigenvalue weighted by Crippen LogP contribution is -2.37. The van der Waals surface area contributed by atoms with Crippen LogP contribution in [0.1, 0.15) is 12.0 Å². The second-order valence-electron chi connectivity index (χ2n) is 8.25. The van der Waals surface area contributed by atoms with Crippen LogP contribution >= 0.6 is 23.8 Å². The van der Waals surface area contributed by atoms with Gasteiger partial charge in [-0.05, 0) is 72.4 Å². The third-order valence-corrected chi connectivity index (χ3v) is 6.59. The Hall–Kier alpha value is -3.82. The van der Waals surface area contributed by atoms with Crippen LogP contribution in [-0.4, -0.2) is 49.2 Å². The normalized spacial score (nSPS) is 15.1. The van der Waals surface area contributed by atoms with Crippen LogP contribution in [0.2, 0.25) is 5.02 Å². The largest absolute Gasteiger partial charge is 0.497 e. The second-order valence-corrected chi connectivity index (χ2v) is 9.05. The maximum atomic E-state index is 13.7. The Balaban J connectivity index is 1.63. The topological polar surface area (TPSA) is 80.3 Å². The molecule has 1 saturated heterocycles. The van der Waals surface area contributed by atoms with Crippen LogP contribution in [0.3, 0.4) is 0 Å². The third kappa shape index (κ3) is 5.79. The first-order chi connectivity index (χ1) is 17.8. The van der Waals surface area contributed by atoms with Gasteiger partial charge in [0.2, 0.25) is 5.91 Å². The van der Waals surface area contributed by atoms with Crippen molar-refractivity contribution in [2.45, 2.75) is 19.0 Å². The molecule has 0 aromatic heterocycles. The molecule has 2 amide bonds. The number of amides is 2. The first-order valence-corrected chi connectivity index (χ1v) is 12.2. The van der Waals surface area contributed by atoms with Gasteiger partial charge in [0.1, 0.15) is 11.8 Å². The van der Waals surface area contributed by atoms with E-state index in [2.05, 4.69) is 5.32 Å². The van der Waals surface area contributed by atoms with E-state index in [0.29, 0.717) is 38.8 Å². The number of halogens is 1. The molecule has 0 bridgehead atoms. The Labute approximate surface area is 225 Å². The van der Waals surface area contributed by atoms with Gasteiger partial charge >= 0.3 is 0 Å². The molecule has 0 radical (unpaired) electrons. The fourth-order valence-electron chi connectivity index (χ4n) is 4.11. The number of thiocarbonyl (C=S) groups is 1. The SMILES string of the molecule is COc1ccc(N2C(=O)[C@H](CC(=O)Nc3cccc(Cl)c3)N(Cc3ccc(OC)c(OC)c3)C2=S)cc1. The third-order valence-electron chi connectivity index (χ3n) is 5.94. The maximum Gasteiger partial charge on any atom is 0.256 e. The summed E-state index contributed by atoms with van der Waals surface area (Å²) in [5.74, 6) is 1.16. The van der Waals surface area contributed by atoms with Crippen molar-refractivity contribution >= 4 is 52.1 Å². The van der Waals surface area contributed by atoms with Crippen molar-refractivity contribution in [1.82, 2.24) is 4.90 Å². The van der Waals surface area contributed by atoms with E-state index in [-0.39, 0.29) is 24.8 Å². The second kappa shape index (κ2) is 11.5. The van der Waals surface area contributed by atoms with E-state index < -0.39 is 6.04 Å². The molecule has 0 unspecified atom stereocenters. The van der Waals surface area contributed by atoms with E-state index >= 15 is 0 Å². The van der Waals surface area contributed by atoms with Crippen LogP contribution in [0.15, 0.2) is 66.7 Å². The van der Waals surface area contributed by atoms with Crippen molar-refractivity contribution in [2.75, 3.05) is 31.5 Å². The zero-order chi connectivity index (χ0) is 26.5. The minimum atomic E-state index is -0.818. The van der Waals surface area contributed by atoms with Crippen LogP contribution in [0.5, 0.6) is 17.2 Å². The van der Waals surface area contributed by atoms with E-state index in [9.17, 15) is 9.59 Å². The number of carbonyl (C=O) groups excluding carboxylic acids is 2. The molecule has 8 nitrogen and oxygen atoms in total. The van der Waals surface area contributed by atoms with Gasteiger partial charge < -0.3 is 24.4 Å². The lowest BCUT2D eigenvalue weighted by molar-refractivity contribution is -0.124. The number of rotatable bonds is 9. The predicted octanol–water partition coefficient (Wildman–Crippen LogP) is 4.90. The minimum absolute atomic E-state index is 0.106. The molecule has 1 atom stereocenters. The van der Waals surface area contributed by atoms with Crippen LogP contribution < -0.4 is 24.4 Å². The van der Waals surface area contributed by atoms with Crippen molar-refractivity contribution in [3.63, 3.8) is 0 Å². The predicted molar refractivity (Wildman–Crippen MR) is 147 cm³/mol. The van der Waals surface area contributed by atoms with Crippen molar-refractivity contribution in [3.8, 4) is 17.2 Å². The van der Waals surface area contributed by atoms with Crippen molar-refractivity contribution < 1.29 is 23.8 Å². The van der Waals surface area contributed by atoms with Gasteiger partial charge in [-0.3, -0.25) is 14.5 Å². The molecule has 192 valence electrons. The van der Waals surface area contributed by atoms with Crippen molar-refractivity contribution in [2.24, 2.45) is 0 Å². The monoisotopic (exact) mass is 539 g/mol. The zero-order valence-corrected chi connectivity index (χ0v) is 22.1. The fourth-order valence-corrected chi connectivity index (χ4v) is 4.69. The molecule has 37 heavy (non-hydrogen) atoms. The summed E-state index contributed by atoms with van der Waals surface area (Å²) in [6.45, 7) is 0.284. The number of methoxy groups -OCH3 is 3. The highest BCUT2D eigenvalue weighted by Crippen LogP contribution is 2.32. The van der Waals surface area contributed by atoms with Crippen LogP contribution in [-0.2, 0) is 16.1 Å². The average Bonchev–Trinajstić information content (AvgIpc) is 3.12. The van der Waals surface area contributed by atoms with Gasteiger partial charge in [0.25, 0.3) is 5.91 Å². The zero-order valence-electron chi connectivity index (χ0n) is 20.6. The minimum Gasteiger partial charge on any atom is -0.497 e. The fraction of sp³-hybridized carbons (Fsp3) is 0.222. The van der Waals surface area contributed by atoms with Gasteiger partial charge in [-0.25, -0.2) is 0 Å². The highest BCUT2D eigenvalue weighted by molar-refractivity contribution is 7.80. The summed E-state index contributed by atoms with van der Waals surface area (Å²) in [4.78, 5) is 29.9. The first kappa shape index (κ1) is 26.2. The lowest BCUT2D eigenvalue weighted by Gasteiger charge is -2.24. The molecule has 10 heteroatoms. The first-order valence-electron chi connectivity index (χ1n) is 11.4. The Kier molecular flexibility index (Phi) is 8.15. The maximum absolute atomic E-state index is 13.7. The Morgan fingerprint density at radius 1 is 0.973 bits per heavy atom. The highest BCUT2D eigenvalue weighted by Gasteiger charge is 2.44. The summed E-state index contributed by atoms with van der Waals surface area (Å²) in [5.41, 5.74) is 1.97. The number of benzene rings is 3. The molecule has 1 aliphatic rings. The Morgan fingerprint density at radius 2 is 1.70 bits per heavy atom. The number of hydrogen-bond donors (Lipinski definition) is 1. The highest BCUT2D eigenvalue weighted by atomic mass is 35.5. The van der Waals surface area contributed by atoms with Crippen LogP contribution in [0.4, 0.5) is 11.4 Å².